The lowest BCUT2D eigenvalue weighted by Crippen LogP contribution is -2.31. The van der Waals surface area contributed by atoms with Crippen LogP contribution in [0.4, 0.5) is 4.39 Å². The predicted molar refractivity (Wildman–Crippen MR) is 76.7 cm³/mol. The van der Waals surface area contributed by atoms with Gasteiger partial charge in [-0.3, -0.25) is 0 Å². The highest BCUT2D eigenvalue weighted by Crippen LogP contribution is 2.30. The SMILES string of the molecule is COc1ccc(-c2oc([O-])c(-c3ccc(F)cc3)[n+]2C)cc1. The molecule has 0 unspecified atom stereocenters. The summed E-state index contributed by atoms with van der Waals surface area (Å²) < 4.78 is 25.2. The second-order valence-electron chi connectivity index (χ2n) is 4.84. The zero-order valence-electron chi connectivity index (χ0n) is 12.2. The van der Waals surface area contributed by atoms with E-state index in [4.69, 9.17) is 9.15 Å². The van der Waals surface area contributed by atoms with Gasteiger partial charge in [0.2, 0.25) is 5.69 Å². The largest absolute Gasteiger partial charge is 0.540 e. The van der Waals surface area contributed by atoms with Crippen LogP contribution < -0.4 is 14.4 Å². The van der Waals surface area contributed by atoms with Gasteiger partial charge >= 0.3 is 0 Å². The van der Waals surface area contributed by atoms with E-state index >= 15 is 0 Å². The Hall–Kier alpha value is -2.82. The third-order valence-corrected chi connectivity index (χ3v) is 3.48. The maximum absolute atomic E-state index is 13.0. The summed E-state index contributed by atoms with van der Waals surface area (Å²) in [5.74, 6) is 0.351. The first kappa shape index (κ1) is 14.1. The van der Waals surface area contributed by atoms with Gasteiger partial charge in [0.1, 0.15) is 24.6 Å². The summed E-state index contributed by atoms with van der Waals surface area (Å²) in [4.78, 5) is 0. The normalized spacial score (nSPS) is 10.7. The van der Waals surface area contributed by atoms with Crippen molar-refractivity contribution >= 4 is 0 Å². The highest BCUT2D eigenvalue weighted by Gasteiger charge is 2.21. The smallest absolute Gasteiger partial charge is 0.269 e. The van der Waals surface area contributed by atoms with Crippen LogP contribution >= 0.6 is 0 Å². The van der Waals surface area contributed by atoms with Crippen molar-refractivity contribution in [2.24, 2.45) is 7.05 Å². The number of methoxy groups -OCH3 is 1. The maximum Gasteiger partial charge on any atom is 0.269 e. The molecular weight excluding hydrogens is 285 g/mol. The highest BCUT2D eigenvalue weighted by atomic mass is 19.1. The second kappa shape index (κ2) is 5.52. The average Bonchev–Trinajstić information content (AvgIpc) is 2.83. The summed E-state index contributed by atoms with van der Waals surface area (Å²) in [6, 6.07) is 12.9. The molecule has 2 aromatic carbocycles. The number of ether oxygens (including phenoxy) is 1. The van der Waals surface area contributed by atoms with Gasteiger partial charge < -0.3 is 14.3 Å². The van der Waals surface area contributed by atoms with Gasteiger partial charge in [-0.25, -0.2) is 4.39 Å². The van der Waals surface area contributed by atoms with Crippen LogP contribution in [0.5, 0.6) is 11.7 Å². The fourth-order valence-corrected chi connectivity index (χ4v) is 2.35. The topological polar surface area (TPSA) is 49.3 Å². The van der Waals surface area contributed by atoms with Crippen molar-refractivity contribution in [3.05, 3.63) is 54.3 Å². The standard InChI is InChI=1S/C17H14FNO3/c1-19-15(11-3-7-13(18)8-4-11)17(20)22-16(19)12-5-9-14(21-2)10-6-12/h3-10H,1-2H3. The fourth-order valence-electron chi connectivity index (χ4n) is 2.35. The summed E-state index contributed by atoms with van der Waals surface area (Å²) >= 11 is 0. The Kier molecular flexibility index (Phi) is 3.55. The van der Waals surface area contributed by atoms with E-state index in [-0.39, 0.29) is 5.82 Å². The number of oxazole rings is 1. The van der Waals surface area contributed by atoms with Crippen LogP contribution in [0.3, 0.4) is 0 Å². The Morgan fingerprint density at radius 2 is 1.59 bits per heavy atom. The molecule has 22 heavy (non-hydrogen) atoms. The van der Waals surface area contributed by atoms with E-state index < -0.39 is 5.95 Å². The third kappa shape index (κ3) is 2.41. The van der Waals surface area contributed by atoms with Crippen LogP contribution in [0.2, 0.25) is 0 Å². The molecule has 0 aliphatic heterocycles. The summed E-state index contributed by atoms with van der Waals surface area (Å²) in [6.45, 7) is 0. The molecular formula is C17H14FNO3. The van der Waals surface area contributed by atoms with Gasteiger partial charge in [0.15, 0.2) is 0 Å². The van der Waals surface area contributed by atoms with Gasteiger partial charge in [0.05, 0.1) is 12.7 Å². The van der Waals surface area contributed by atoms with Gasteiger partial charge in [-0.1, -0.05) is 0 Å². The van der Waals surface area contributed by atoms with Gasteiger partial charge in [0.25, 0.3) is 5.89 Å². The molecule has 112 valence electrons. The molecule has 3 aromatic rings. The number of nitrogens with zero attached hydrogens (tertiary/aromatic N) is 1. The molecule has 0 fully saturated rings. The molecule has 0 aliphatic carbocycles. The molecule has 0 amide bonds. The Morgan fingerprint density at radius 1 is 1.00 bits per heavy atom. The molecule has 0 spiro atoms. The predicted octanol–water partition coefficient (Wildman–Crippen LogP) is 2.66. The minimum atomic E-state index is -0.458. The number of benzene rings is 2. The van der Waals surface area contributed by atoms with Gasteiger partial charge in [-0.15, -0.1) is 0 Å². The van der Waals surface area contributed by atoms with Gasteiger partial charge in [0, 0.05) is 5.56 Å². The molecule has 0 saturated heterocycles. The first-order valence-electron chi connectivity index (χ1n) is 6.70. The molecule has 0 atom stereocenters. The van der Waals surface area contributed by atoms with Crippen LogP contribution in [0.1, 0.15) is 0 Å². The fraction of sp³-hybridized carbons (Fsp3) is 0.118. The van der Waals surface area contributed by atoms with Crippen molar-refractivity contribution in [2.45, 2.75) is 0 Å². The summed E-state index contributed by atoms with van der Waals surface area (Å²) in [5.41, 5.74) is 1.75. The molecule has 0 bridgehead atoms. The van der Waals surface area contributed by atoms with Crippen molar-refractivity contribution in [1.29, 1.82) is 0 Å². The molecule has 0 aliphatic rings. The molecule has 3 rings (SSSR count). The lowest BCUT2D eigenvalue weighted by molar-refractivity contribution is -0.652. The van der Waals surface area contributed by atoms with E-state index in [2.05, 4.69) is 0 Å². The summed E-state index contributed by atoms with van der Waals surface area (Å²) in [6.07, 6.45) is 0. The van der Waals surface area contributed by atoms with E-state index in [1.54, 1.807) is 43.0 Å². The Balaban J connectivity index is 2.07. The van der Waals surface area contributed by atoms with Gasteiger partial charge in [-0.05, 0) is 48.5 Å². The van der Waals surface area contributed by atoms with E-state index in [0.717, 1.165) is 11.3 Å². The molecule has 0 saturated carbocycles. The zero-order chi connectivity index (χ0) is 15.7. The molecule has 4 nitrogen and oxygen atoms in total. The molecule has 1 aromatic heterocycles. The van der Waals surface area contributed by atoms with Crippen molar-refractivity contribution in [1.82, 2.24) is 0 Å². The number of rotatable bonds is 3. The second-order valence-corrected chi connectivity index (χ2v) is 4.84. The summed E-state index contributed by atoms with van der Waals surface area (Å²) in [7, 11) is 3.33. The third-order valence-electron chi connectivity index (χ3n) is 3.48. The average molecular weight is 299 g/mol. The van der Waals surface area contributed by atoms with E-state index in [9.17, 15) is 9.50 Å². The lowest BCUT2D eigenvalue weighted by atomic mass is 10.1. The van der Waals surface area contributed by atoms with E-state index in [0.29, 0.717) is 17.1 Å². The minimum absolute atomic E-state index is 0.349. The number of hydrogen-bond acceptors (Lipinski definition) is 3. The molecule has 5 heteroatoms. The molecule has 0 radical (unpaired) electrons. The van der Waals surface area contributed by atoms with Crippen LogP contribution in [-0.4, -0.2) is 7.11 Å². The van der Waals surface area contributed by atoms with Crippen LogP contribution in [0, 0.1) is 5.82 Å². The van der Waals surface area contributed by atoms with Crippen molar-refractivity contribution < 1.29 is 23.2 Å². The first-order valence-corrected chi connectivity index (χ1v) is 6.70. The number of halogens is 1. The Morgan fingerprint density at radius 3 is 2.18 bits per heavy atom. The van der Waals surface area contributed by atoms with E-state index in [1.165, 1.54) is 12.1 Å². The number of aromatic nitrogens is 1. The monoisotopic (exact) mass is 299 g/mol. The van der Waals surface area contributed by atoms with Crippen LogP contribution in [0.25, 0.3) is 22.7 Å². The quantitative estimate of drug-likeness (QED) is 0.699. The van der Waals surface area contributed by atoms with Crippen molar-refractivity contribution in [3.8, 4) is 34.4 Å². The van der Waals surface area contributed by atoms with E-state index in [1.807, 2.05) is 12.1 Å². The molecule has 1 heterocycles. The van der Waals surface area contributed by atoms with Crippen molar-refractivity contribution in [2.75, 3.05) is 7.11 Å². The van der Waals surface area contributed by atoms with Crippen LogP contribution in [-0.2, 0) is 7.05 Å². The highest BCUT2D eigenvalue weighted by molar-refractivity contribution is 5.62. The lowest BCUT2D eigenvalue weighted by Gasteiger charge is -2.01. The summed E-state index contributed by atoms with van der Waals surface area (Å²) in [5, 5.41) is 12.1. The maximum atomic E-state index is 13.0. The Labute approximate surface area is 127 Å². The van der Waals surface area contributed by atoms with Crippen LogP contribution in [0.15, 0.2) is 52.9 Å². The first-order chi connectivity index (χ1) is 10.6. The Bertz CT molecular complexity index is 792. The minimum Gasteiger partial charge on any atom is -0.540 e. The molecule has 0 N–H and O–H groups in total. The van der Waals surface area contributed by atoms with Gasteiger partial charge in [-0.2, -0.15) is 4.57 Å². The number of hydrogen-bond donors (Lipinski definition) is 0. The zero-order valence-corrected chi connectivity index (χ0v) is 12.2. The van der Waals surface area contributed by atoms with Crippen molar-refractivity contribution in [3.63, 3.8) is 0 Å².